The largest absolute Gasteiger partial charge is 0.495 e. The number of carbonyl (C=O) groups excluding carboxylic acids is 2. The maximum absolute atomic E-state index is 12.8. The molecular formula is C20H22N2O6S. The molecule has 0 saturated carbocycles. The first-order valence-electron chi connectivity index (χ1n) is 9.06. The lowest BCUT2D eigenvalue weighted by atomic mass is 10.2. The molecule has 3 rings (SSSR count). The molecule has 0 bridgehead atoms. The summed E-state index contributed by atoms with van der Waals surface area (Å²) in [7, 11) is -2.52. The standard InChI is InChI=1S/C20H22N2O6S/c1-14(13-28-15-6-4-3-5-7-15)21-29(25,26)16-8-9-18(27-2)17(12-16)22-19(23)10-11-20(22)24/h3-9,12,14,21H,10-11,13H2,1-2H3/t14-/m1/s1. The van der Waals surface area contributed by atoms with Gasteiger partial charge in [-0.2, -0.15) is 0 Å². The third-order valence-corrected chi connectivity index (χ3v) is 5.94. The van der Waals surface area contributed by atoms with Gasteiger partial charge in [0.15, 0.2) is 0 Å². The zero-order valence-electron chi connectivity index (χ0n) is 16.1. The molecule has 0 aromatic heterocycles. The van der Waals surface area contributed by atoms with Crippen LogP contribution >= 0.6 is 0 Å². The second kappa shape index (κ2) is 8.62. The summed E-state index contributed by atoms with van der Waals surface area (Å²) < 4.78 is 38.9. The molecule has 8 nitrogen and oxygen atoms in total. The Morgan fingerprint density at radius 1 is 1.07 bits per heavy atom. The van der Waals surface area contributed by atoms with Crippen LogP contribution in [0, 0.1) is 0 Å². The van der Waals surface area contributed by atoms with E-state index in [1.54, 1.807) is 19.1 Å². The number of hydrogen-bond acceptors (Lipinski definition) is 6. The fraction of sp³-hybridized carbons (Fsp3) is 0.300. The van der Waals surface area contributed by atoms with E-state index in [0.29, 0.717) is 5.75 Å². The highest BCUT2D eigenvalue weighted by molar-refractivity contribution is 7.89. The average Bonchev–Trinajstić information content (AvgIpc) is 3.04. The molecule has 1 aliphatic rings. The molecule has 2 amide bonds. The molecule has 0 unspecified atom stereocenters. The van der Waals surface area contributed by atoms with Gasteiger partial charge in [-0.15, -0.1) is 0 Å². The highest BCUT2D eigenvalue weighted by Crippen LogP contribution is 2.34. The quantitative estimate of drug-likeness (QED) is 0.659. The normalized spacial score (nSPS) is 15.4. The molecule has 0 radical (unpaired) electrons. The van der Waals surface area contributed by atoms with Gasteiger partial charge in [0.25, 0.3) is 0 Å². The lowest BCUT2D eigenvalue weighted by Gasteiger charge is -2.19. The van der Waals surface area contributed by atoms with Crippen LogP contribution in [0.2, 0.25) is 0 Å². The van der Waals surface area contributed by atoms with Gasteiger partial charge in [-0.25, -0.2) is 18.0 Å². The van der Waals surface area contributed by atoms with Gasteiger partial charge in [-0.05, 0) is 37.3 Å². The predicted molar refractivity (Wildman–Crippen MR) is 106 cm³/mol. The fourth-order valence-corrected chi connectivity index (χ4v) is 4.21. The van der Waals surface area contributed by atoms with Crippen molar-refractivity contribution in [3.8, 4) is 11.5 Å². The van der Waals surface area contributed by atoms with Crippen molar-refractivity contribution in [3.63, 3.8) is 0 Å². The van der Waals surface area contributed by atoms with E-state index in [-0.39, 0.29) is 47.6 Å². The van der Waals surface area contributed by atoms with Crippen molar-refractivity contribution in [1.29, 1.82) is 0 Å². The van der Waals surface area contributed by atoms with E-state index >= 15 is 0 Å². The molecule has 1 aliphatic heterocycles. The Morgan fingerprint density at radius 2 is 1.72 bits per heavy atom. The first-order chi connectivity index (χ1) is 13.8. The molecule has 1 heterocycles. The Morgan fingerprint density at radius 3 is 2.34 bits per heavy atom. The highest BCUT2D eigenvalue weighted by atomic mass is 32.2. The van der Waals surface area contributed by atoms with E-state index in [0.717, 1.165) is 4.90 Å². The van der Waals surface area contributed by atoms with Crippen molar-refractivity contribution < 1.29 is 27.5 Å². The number of nitrogens with one attached hydrogen (secondary N) is 1. The Hall–Kier alpha value is -2.91. The summed E-state index contributed by atoms with van der Waals surface area (Å²) in [6.07, 6.45) is 0.177. The van der Waals surface area contributed by atoms with E-state index in [2.05, 4.69) is 4.72 Å². The van der Waals surface area contributed by atoms with E-state index in [1.165, 1.54) is 25.3 Å². The maximum atomic E-state index is 12.8. The molecule has 1 saturated heterocycles. The van der Waals surface area contributed by atoms with E-state index in [4.69, 9.17) is 9.47 Å². The molecule has 2 aromatic carbocycles. The summed E-state index contributed by atoms with van der Waals surface area (Å²) in [6.45, 7) is 1.81. The van der Waals surface area contributed by atoms with Crippen LogP contribution in [0.1, 0.15) is 19.8 Å². The second-order valence-electron chi connectivity index (χ2n) is 6.60. The Bertz CT molecular complexity index is 991. The number of ether oxygens (including phenoxy) is 2. The van der Waals surface area contributed by atoms with E-state index < -0.39 is 16.1 Å². The Balaban J connectivity index is 1.78. The van der Waals surface area contributed by atoms with E-state index in [1.807, 2.05) is 18.2 Å². The minimum atomic E-state index is -3.91. The number of rotatable bonds is 8. The van der Waals surface area contributed by atoms with Crippen LogP contribution in [-0.2, 0) is 19.6 Å². The molecule has 1 N–H and O–H groups in total. The first kappa shape index (κ1) is 20.8. The third kappa shape index (κ3) is 4.75. The van der Waals surface area contributed by atoms with Crippen molar-refractivity contribution in [1.82, 2.24) is 4.72 Å². The number of imide groups is 1. The minimum Gasteiger partial charge on any atom is -0.495 e. The van der Waals surface area contributed by atoms with Gasteiger partial charge in [0.05, 0.1) is 23.7 Å². The van der Waals surface area contributed by atoms with Gasteiger partial charge >= 0.3 is 0 Å². The number of anilines is 1. The highest BCUT2D eigenvalue weighted by Gasteiger charge is 2.33. The van der Waals surface area contributed by atoms with Crippen LogP contribution in [0.15, 0.2) is 53.4 Å². The first-order valence-corrected chi connectivity index (χ1v) is 10.5. The summed E-state index contributed by atoms with van der Waals surface area (Å²) in [4.78, 5) is 25.1. The lowest BCUT2D eigenvalue weighted by Crippen LogP contribution is -2.37. The van der Waals surface area contributed by atoms with E-state index in [9.17, 15) is 18.0 Å². The molecule has 0 spiro atoms. The van der Waals surface area contributed by atoms with Crippen molar-refractivity contribution in [2.75, 3.05) is 18.6 Å². The Kier molecular flexibility index (Phi) is 6.19. The number of sulfonamides is 1. The average molecular weight is 418 g/mol. The SMILES string of the molecule is COc1ccc(S(=O)(=O)N[C@H](C)COc2ccccc2)cc1N1C(=O)CCC1=O. The third-order valence-electron chi connectivity index (χ3n) is 4.35. The monoisotopic (exact) mass is 418 g/mol. The summed E-state index contributed by atoms with van der Waals surface area (Å²) in [5.74, 6) is 0.102. The molecule has 29 heavy (non-hydrogen) atoms. The number of methoxy groups -OCH3 is 1. The smallest absolute Gasteiger partial charge is 0.241 e. The topological polar surface area (TPSA) is 102 Å². The van der Waals surface area contributed by atoms with Crippen LogP contribution < -0.4 is 19.1 Å². The number of amides is 2. The number of carbonyl (C=O) groups is 2. The summed E-state index contributed by atoms with van der Waals surface area (Å²) in [6, 6.07) is 12.6. The molecule has 1 fully saturated rings. The number of nitrogens with zero attached hydrogens (tertiary/aromatic N) is 1. The molecule has 0 aliphatic carbocycles. The maximum Gasteiger partial charge on any atom is 0.241 e. The van der Waals surface area contributed by atoms with Gasteiger partial charge < -0.3 is 9.47 Å². The van der Waals surface area contributed by atoms with Crippen molar-refractivity contribution >= 4 is 27.5 Å². The lowest BCUT2D eigenvalue weighted by molar-refractivity contribution is -0.121. The molecule has 2 aromatic rings. The number of hydrogen-bond donors (Lipinski definition) is 1. The minimum absolute atomic E-state index is 0.0765. The molecule has 154 valence electrons. The van der Waals surface area contributed by atoms with Crippen LogP contribution in [0.4, 0.5) is 5.69 Å². The van der Waals surface area contributed by atoms with Gasteiger partial charge in [0.1, 0.15) is 18.1 Å². The van der Waals surface area contributed by atoms with Gasteiger partial charge in [0.2, 0.25) is 21.8 Å². The van der Waals surface area contributed by atoms with Gasteiger partial charge in [-0.1, -0.05) is 18.2 Å². The van der Waals surface area contributed by atoms with Crippen LogP contribution in [-0.4, -0.2) is 40.0 Å². The van der Waals surface area contributed by atoms with Crippen molar-refractivity contribution in [2.24, 2.45) is 0 Å². The second-order valence-corrected chi connectivity index (χ2v) is 8.32. The predicted octanol–water partition coefficient (Wildman–Crippen LogP) is 2.09. The zero-order chi connectivity index (χ0) is 21.0. The van der Waals surface area contributed by atoms with Crippen LogP contribution in [0.3, 0.4) is 0 Å². The van der Waals surface area contributed by atoms with Crippen molar-refractivity contribution in [2.45, 2.75) is 30.7 Å². The van der Waals surface area contributed by atoms with Crippen LogP contribution in [0.25, 0.3) is 0 Å². The molecule has 1 atom stereocenters. The summed E-state index contributed by atoms with van der Waals surface area (Å²) in [5, 5.41) is 0. The number of benzene rings is 2. The summed E-state index contributed by atoms with van der Waals surface area (Å²) in [5.41, 5.74) is 0.121. The van der Waals surface area contributed by atoms with Crippen LogP contribution in [0.5, 0.6) is 11.5 Å². The number of para-hydroxylation sites is 1. The van der Waals surface area contributed by atoms with Gasteiger partial charge in [-0.3, -0.25) is 9.59 Å². The van der Waals surface area contributed by atoms with Crippen molar-refractivity contribution in [3.05, 3.63) is 48.5 Å². The summed E-state index contributed by atoms with van der Waals surface area (Å²) >= 11 is 0. The fourth-order valence-electron chi connectivity index (χ4n) is 2.96. The molecule has 9 heteroatoms. The Labute approximate surface area is 169 Å². The van der Waals surface area contributed by atoms with Gasteiger partial charge in [0, 0.05) is 12.8 Å². The molecular weight excluding hydrogens is 396 g/mol. The zero-order valence-corrected chi connectivity index (χ0v) is 16.9.